The summed E-state index contributed by atoms with van der Waals surface area (Å²) in [5, 5.41) is 8.37. The number of hydrogen-bond donors (Lipinski definition) is 0. The van der Waals surface area contributed by atoms with Crippen LogP contribution in [0.2, 0.25) is 0 Å². The smallest absolute Gasteiger partial charge is 0.0897 e. The van der Waals surface area contributed by atoms with Crippen molar-refractivity contribution in [3.63, 3.8) is 0 Å². The van der Waals surface area contributed by atoms with E-state index in [1.165, 1.54) is 0 Å². The zero-order valence-corrected chi connectivity index (χ0v) is 7.11. The standard InChI is InChI=1S/C9H13N3/c1-2-5-11-7-8-12(9-11)6-3-4-10/h2,7-8H,1,3,5-6,9H2. The molecule has 0 aromatic heterocycles. The predicted octanol–water partition coefficient (Wildman–Crippen LogP) is 1.13. The Morgan fingerprint density at radius 1 is 1.50 bits per heavy atom. The first kappa shape index (κ1) is 8.66. The second-order valence-electron chi connectivity index (χ2n) is 2.72. The molecule has 0 aromatic rings. The molecule has 3 nitrogen and oxygen atoms in total. The van der Waals surface area contributed by atoms with E-state index in [4.69, 9.17) is 5.26 Å². The first-order valence-corrected chi connectivity index (χ1v) is 4.01. The van der Waals surface area contributed by atoms with Gasteiger partial charge in [-0.1, -0.05) is 6.08 Å². The van der Waals surface area contributed by atoms with Crippen LogP contribution < -0.4 is 0 Å². The molecule has 1 aliphatic rings. The van der Waals surface area contributed by atoms with Crippen molar-refractivity contribution < 1.29 is 0 Å². The lowest BCUT2D eigenvalue weighted by Crippen LogP contribution is -2.25. The van der Waals surface area contributed by atoms with Gasteiger partial charge < -0.3 is 9.80 Å². The molecule has 0 saturated heterocycles. The number of hydrogen-bond acceptors (Lipinski definition) is 3. The van der Waals surface area contributed by atoms with Crippen LogP contribution in [0, 0.1) is 11.3 Å². The second kappa shape index (κ2) is 4.45. The lowest BCUT2D eigenvalue weighted by molar-refractivity contribution is 0.285. The lowest BCUT2D eigenvalue weighted by atomic mass is 10.4. The zero-order chi connectivity index (χ0) is 8.81. The first-order chi connectivity index (χ1) is 5.86. The minimum absolute atomic E-state index is 0.590. The van der Waals surface area contributed by atoms with Crippen molar-refractivity contribution in [2.45, 2.75) is 6.42 Å². The van der Waals surface area contributed by atoms with Crippen molar-refractivity contribution in [2.24, 2.45) is 0 Å². The Morgan fingerprint density at radius 3 is 2.92 bits per heavy atom. The maximum absolute atomic E-state index is 8.37. The fourth-order valence-corrected chi connectivity index (χ4v) is 1.14. The van der Waals surface area contributed by atoms with Gasteiger partial charge >= 0.3 is 0 Å². The second-order valence-corrected chi connectivity index (χ2v) is 2.72. The Bertz CT molecular complexity index is 214. The lowest BCUT2D eigenvalue weighted by Gasteiger charge is -2.18. The average Bonchev–Trinajstić information content (AvgIpc) is 2.50. The van der Waals surface area contributed by atoms with Gasteiger partial charge in [-0.3, -0.25) is 0 Å². The van der Waals surface area contributed by atoms with Crippen molar-refractivity contribution >= 4 is 0 Å². The van der Waals surface area contributed by atoms with E-state index in [2.05, 4.69) is 22.4 Å². The fourth-order valence-electron chi connectivity index (χ4n) is 1.14. The summed E-state index contributed by atoms with van der Waals surface area (Å²) >= 11 is 0. The maximum atomic E-state index is 8.37. The SMILES string of the molecule is C=CCN1C=CN(CCC#N)C1. The Balaban J connectivity index is 2.23. The van der Waals surface area contributed by atoms with Crippen molar-refractivity contribution in [2.75, 3.05) is 19.8 Å². The van der Waals surface area contributed by atoms with E-state index < -0.39 is 0 Å². The molecule has 1 aliphatic heterocycles. The molecule has 0 spiro atoms. The Morgan fingerprint density at radius 2 is 2.25 bits per heavy atom. The normalized spacial score (nSPS) is 14.9. The van der Waals surface area contributed by atoms with Crippen LogP contribution in [0.4, 0.5) is 0 Å². The molecule has 1 heterocycles. The minimum atomic E-state index is 0.590. The monoisotopic (exact) mass is 163 g/mol. The maximum Gasteiger partial charge on any atom is 0.0897 e. The van der Waals surface area contributed by atoms with Crippen LogP contribution in [-0.4, -0.2) is 29.6 Å². The molecule has 0 saturated carbocycles. The highest BCUT2D eigenvalue weighted by Crippen LogP contribution is 2.05. The Labute approximate surface area is 73.2 Å². The van der Waals surface area contributed by atoms with Crippen LogP contribution in [0.1, 0.15) is 6.42 Å². The topological polar surface area (TPSA) is 30.3 Å². The summed E-state index contributed by atoms with van der Waals surface area (Å²) in [5.74, 6) is 0. The minimum Gasteiger partial charge on any atom is -0.358 e. The highest BCUT2D eigenvalue weighted by atomic mass is 15.3. The summed E-state index contributed by atoms with van der Waals surface area (Å²) in [5.41, 5.74) is 0. The molecule has 0 amide bonds. The average molecular weight is 163 g/mol. The molecule has 0 N–H and O–H groups in total. The number of nitriles is 1. The fraction of sp³-hybridized carbons (Fsp3) is 0.444. The van der Waals surface area contributed by atoms with E-state index in [1.54, 1.807) is 0 Å². The molecule has 3 heteroatoms. The van der Waals surface area contributed by atoms with Crippen molar-refractivity contribution in [1.29, 1.82) is 5.26 Å². The van der Waals surface area contributed by atoms with Gasteiger partial charge in [0, 0.05) is 25.5 Å². The van der Waals surface area contributed by atoms with Gasteiger partial charge in [0.15, 0.2) is 0 Å². The molecule has 0 aliphatic carbocycles. The van der Waals surface area contributed by atoms with Gasteiger partial charge in [0.25, 0.3) is 0 Å². The van der Waals surface area contributed by atoms with E-state index in [-0.39, 0.29) is 0 Å². The summed E-state index contributed by atoms with van der Waals surface area (Å²) in [4.78, 5) is 4.26. The van der Waals surface area contributed by atoms with E-state index in [1.807, 2.05) is 18.5 Å². The molecule has 0 aromatic carbocycles. The van der Waals surface area contributed by atoms with Gasteiger partial charge in [-0.2, -0.15) is 5.26 Å². The number of rotatable bonds is 4. The van der Waals surface area contributed by atoms with E-state index in [0.717, 1.165) is 19.8 Å². The molecular formula is C9H13N3. The zero-order valence-electron chi connectivity index (χ0n) is 7.11. The van der Waals surface area contributed by atoms with Gasteiger partial charge in [0.2, 0.25) is 0 Å². The summed E-state index contributed by atoms with van der Waals surface area (Å²) in [6.45, 7) is 6.24. The molecular weight excluding hydrogens is 150 g/mol. The largest absolute Gasteiger partial charge is 0.358 e. The molecule has 64 valence electrons. The summed E-state index contributed by atoms with van der Waals surface area (Å²) in [6.07, 6.45) is 6.50. The van der Waals surface area contributed by atoms with Crippen LogP contribution in [0.3, 0.4) is 0 Å². The molecule has 0 unspecified atom stereocenters. The van der Waals surface area contributed by atoms with E-state index >= 15 is 0 Å². The van der Waals surface area contributed by atoms with Crippen LogP contribution in [-0.2, 0) is 0 Å². The van der Waals surface area contributed by atoms with Crippen LogP contribution in [0.15, 0.2) is 25.1 Å². The van der Waals surface area contributed by atoms with Gasteiger partial charge in [0.05, 0.1) is 19.2 Å². The molecule has 0 fully saturated rings. The summed E-state index contributed by atoms with van der Waals surface area (Å²) in [6, 6.07) is 2.13. The van der Waals surface area contributed by atoms with Crippen molar-refractivity contribution in [3.8, 4) is 6.07 Å². The third kappa shape index (κ3) is 2.31. The van der Waals surface area contributed by atoms with Crippen LogP contribution in [0.25, 0.3) is 0 Å². The van der Waals surface area contributed by atoms with Crippen LogP contribution >= 0.6 is 0 Å². The van der Waals surface area contributed by atoms with Gasteiger partial charge in [-0.25, -0.2) is 0 Å². The van der Waals surface area contributed by atoms with Crippen LogP contribution in [0.5, 0.6) is 0 Å². The molecule has 12 heavy (non-hydrogen) atoms. The molecule has 0 radical (unpaired) electrons. The number of nitrogens with zero attached hydrogens (tertiary/aromatic N) is 3. The van der Waals surface area contributed by atoms with E-state index in [9.17, 15) is 0 Å². The van der Waals surface area contributed by atoms with Crippen molar-refractivity contribution in [3.05, 3.63) is 25.1 Å². The summed E-state index contributed by atoms with van der Waals surface area (Å²) in [7, 11) is 0. The third-order valence-electron chi connectivity index (χ3n) is 1.73. The van der Waals surface area contributed by atoms with Gasteiger partial charge in [0.1, 0.15) is 0 Å². The molecule has 0 bridgehead atoms. The quantitative estimate of drug-likeness (QED) is 0.582. The Hall–Kier alpha value is -1.43. The first-order valence-electron chi connectivity index (χ1n) is 4.01. The molecule has 0 atom stereocenters. The predicted molar refractivity (Wildman–Crippen MR) is 47.8 cm³/mol. The highest BCUT2D eigenvalue weighted by molar-refractivity contribution is 4.93. The Kier molecular flexibility index (Phi) is 3.21. The van der Waals surface area contributed by atoms with Crippen molar-refractivity contribution in [1.82, 2.24) is 9.80 Å². The third-order valence-corrected chi connectivity index (χ3v) is 1.73. The van der Waals surface area contributed by atoms with E-state index in [0.29, 0.717) is 6.42 Å². The molecule has 1 rings (SSSR count). The van der Waals surface area contributed by atoms with Gasteiger partial charge in [-0.05, 0) is 0 Å². The summed E-state index contributed by atoms with van der Waals surface area (Å²) < 4.78 is 0. The van der Waals surface area contributed by atoms with Gasteiger partial charge in [-0.15, -0.1) is 6.58 Å². The highest BCUT2D eigenvalue weighted by Gasteiger charge is 2.09.